The van der Waals surface area contributed by atoms with E-state index in [0.717, 1.165) is 0 Å². The van der Waals surface area contributed by atoms with Crippen LogP contribution in [0.1, 0.15) is 11.4 Å². The molecule has 0 N–H and O–H groups in total. The summed E-state index contributed by atoms with van der Waals surface area (Å²) >= 11 is 0. The lowest BCUT2D eigenvalue weighted by atomic mass is 10.3. The highest BCUT2D eigenvalue weighted by Crippen LogP contribution is 2.09. The average Bonchev–Trinajstić information content (AvgIpc) is 2.81. The minimum absolute atomic E-state index is 0.295. The van der Waals surface area contributed by atoms with E-state index in [0.29, 0.717) is 17.2 Å². The molecule has 0 aromatic carbocycles. The Balaban J connectivity index is 2.68. The lowest BCUT2D eigenvalue weighted by Crippen LogP contribution is -2.28. The molecule has 0 saturated carbocycles. The van der Waals surface area contributed by atoms with Crippen molar-refractivity contribution >= 4 is 0 Å². The fourth-order valence-electron chi connectivity index (χ4n) is 1.51. The van der Waals surface area contributed by atoms with Crippen molar-refractivity contribution in [2.75, 3.05) is 0 Å². The Hall–Kier alpha value is -2.60. The number of nitrogens with zero attached hydrogens (tertiary/aromatic N) is 6. The van der Waals surface area contributed by atoms with Crippen molar-refractivity contribution in [3.63, 3.8) is 0 Å². The molecule has 0 saturated heterocycles. The molecule has 0 bridgehead atoms. The highest BCUT2D eigenvalue weighted by atomic mass is 15.3. The molecule has 6 nitrogen and oxygen atoms in total. The zero-order chi connectivity index (χ0) is 11.7. The molecule has 2 aromatic rings. The van der Waals surface area contributed by atoms with E-state index in [1.165, 1.54) is 0 Å². The van der Waals surface area contributed by atoms with Gasteiger partial charge in [0.1, 0.15) is 12.1 Å². The SMILES string of the molecule is Cn1ccc(-n2c[n+](C)c(C#N)c2C#N)n1. The molecule has 0 aliphatic heterocycles. The van der Waals surface area contributed by atoms with Gasteiger partial charge in [-0.2, -0.15) is 15.1 Å². The fraction of sp³-hybridized carbons (Fsp3) is 0.200. The minimum atomic E-state index is 0.295. The number of aryl methyl sites for hydroxylation is 2. The first-order valence-corrected chi connectivity index (χ1v) is 4.58. The van der Waals surface area contributed by atoms with E-state index in [4.69, 9.17) is 10.5 Å². The van der Waals surface area contributed by atoms with Gasteiger partial charge in [-0.05, 0) is 0 Å². The molecule has 0 spiro atoms. The monoisotopic (exact) mass is 213 g/mol. The third-order valence-corrected chi connectivity index (χ3v) is 2.26. The van der Waals surface area contributed by atoms with Crippen LogP contribution in [0.25, 0.3) is 5.82 Å². The number of hydrogen-bond acceptors (Lipinski definition) is 3. The summed E-state index contributed by atoms with van der Waals surface area (Å²) in [6.07, 6.45) is 3.45. The molecule has 0 radical (unpaired) electrons. The van der Waals surface area contributed by atoms with Crippen molar-refractivity contribution in [1.29, 1.82) is 10.5 Å². The summed E-state index contributed by atoms with van der Waals surface area (Å²) in [6, 6.07) is 5.79. The molecule has 0 aliphatic carbocycles. The van der Waals surface area contributed by atoms with Gasteiger partial charge in [-0.15, -0.1) is 5.10 Å². The molecule has 2 rings (SSSR count). The van der Waals surface area contributed by atoms with Gasteiger partial charge in [0.25, 0.3) is 17.7 Å². The molecule has 0 unspecified atom stereocenters. The Bertz CT molecular complexity index is 619. The van der Waals surface area contributed by atoms with E-state index in [1.54, 1.807) is 46.5 Å². The summed E-state index contributed by atoms with van der Waals surface area (Å²) in [5, 5.41) is 22.2. The van der Waals surface area contributed by atoms with Crippen molar-refractivity contribution in [2.45, 2.75) is 0 Å². The number of imidazole rings is 1. The first-order chi connectivity index (χ1) is 7.67. The molecule has 78 valence electrons. The van der Waals surface area contributed by atoms with Crippen LogP contribution in [0.2, 0.25) is 0 Å². The van der Waals surface area contributed by atoms with Crippen LogP contribution in [0.5, 0.6) is 0 Å². The topological polar surface area (TPSA) is 74.2 Å². The van der Waals surface area contributed by atoms with Gasteiger partial charge in [0, 0.05) is 19.3 Å². The van der Waals surface area contributed by atoms with Gasteiger partial charge in [0.05, 0.1) is 7.05 Å². The van der Waals surface area contributed by atoms with E-state index >= 15 is 0 Å². The second-order valence-corrected chi connectivity index (χ2v) is 3.36. The molecular weight excluding hydrogens is 204 g/mol. The quantitative estimate of drug-likeness (QED) is 0.614. The van der Waals surface area contributed by atoms with Crippen LogP contribution in [0.3, 0.4) is 0 Å². The predicted molar refractivity (Wildman–Crippen MR) is 53.1 cm³/mol. The summed E-state index contributed by atoms with van der Waals surface area (Å²) in [6.45, 7) is 0. The Morgan fingerprint density at radius 1 is 1.38 bits per heavy atom. The van der Waals surface area contributed by atoms with Crippen molar-refractivity contribution in [1.82, 2.24) is 14.3 Å². The largest absolute Gasteiger partial charge is 0.272 e. The molecule has 0 aliphatic rings. The van der Waals surface area contributed by atoms with Crippen LogP contribution < -0.4 is 4.57 Å². The molecule has 2 heterocycles. The van der Waals surface area contributed by atoms with Crippen LogP contribution in [0.4, 0.5) is 0 Å². The standard InChI is InChI=1S/C10H9N6/c1-14-7-16(9(6-12)8(14)5-11)10-3-4-15(2)13-10/h3-4,7H,1-2H3/q+1. The second-order valence-electron chi connectivity index (χ2n) is 3.36. The van der Waals surface area contributed by atoms with Crippen LogP contribution in [-0.2, 0) is 14.1 Å². The normalized spacial score (nSPS) is 9.75. The number of aromatic nitrogens is 4. The maximum Gasteiger partial charge on any atom is 0.269 e. The lowest BCUT2D eigenvalue weighted by molar-refractivity contribution is -0.673. The van der Waals surface area contributed by atoms with Gasteiger partial charge in [-0.25, -0.2) is 4.57 Å². The van der Waals surface area contributed by atoms with Gasteiger partial charge in [-0.3, -0.25) is 4.68 Å². The molecule has 16 heavy (non-hydrogen) atoms. The lowest BCUT2D eigenvalue weighted by Gasteiger charge is -1.88. The Labute approximate surface area is 92.2 Å². The minimum Gasteiger partial charge on any atom is -0.272 e. The Morgan fingerprint density at radius 3 is 2.62 bits per heavy atom. The number of nitriles is 2. The fourth-order valence-corrected chi connectivity index (χ4v) is 1.51. The summed E-state index contributed by atoms with van der Waals surface area (Å²) in [5.74, 6) is 0.621. The Kier molecular flexibility index (Phi) is 2.19. The number of rotatable bonds is 1. The first kappa shape index (κ1) is 9.94. The summed E-state index contributed by atoms with van der Waals surface area (Å²) in [4.78, 5) is 0. The Morgan fingerprint density at radius 2 is 2.12 bits per heavy atom. The third kappa shape index (κ3) is 1.33. The van der Waals surface area contributed by atoms with Gasteiger partial charge in [0.2, 0.25) is 5.82 Å². The van der Waals surface area contributed by atoms with Gasteiger partial charge in [0.15, 0.2) is 0 Å². The van der Waals surface area contributed by atoms with Gasteiger partial charge < -0.3 is 0 Å². The molecule has 2 aromatic heterocycles. The smallest absolute Gasteiger partial charge is 0.269 e. The summed E-state index contributed by atoms with van der Waals surface area (Å²) in [7, 11) is 3.52. The van der Waals surface area contributed by atoms with Crippen LogP contribution in [0.15, 0.2) is 18.6 Å². The highest BCUT2D eigenvalue weighted by Gasteiger charge is 2.23. The zero-order valence-corrected chi connectivity index (χ0v) is 8.92. The van der Waals surface area contributed by atoms with E-state index in [9.17, 15) is 0 Å². The molecule has 0 fully saturated rings. The maximum atomic E-state index is 9.04. The summed E-state index contributed by atoms with van der Waals surface area (Å²) < 4.78 is 4.84. The van der Waals surface area contributed by atoms with Crippen LogP contribution in [0, 0.1) is 22.7 Å². The van der Waals surface area contributed by atoms with E-state index in [1.807, 2.05) is 12.1 Å². The molecule has 0 atom stereocenters. The predicted octanol–water partition coefficient (Wildman–Crippen LogP) is -0.221. The molecule has 0 amide bonds. The van der Waals surface area contributed by atoms with Crippen molar-refractivity contribution in [2.24, 2.45) is 14.1 Å². The zero-order valence-electron chi connectivity index (χ0n) is 8.92. The highest BCUT2D eigenvalue weighted by molar-refractivity contribution is 5.38. The van der Waals surface area contributed by atoms with E-state index in [-0.39, 0.29) is 0 Å². The maximum absolute atomic E-state index is 9.04. The van der Waals surface area contributed by atoms with Crippen molar-refractivity contribution in [3.8, 4) is 18.0 Å². The number of hydrogen-bond donors (Lipinski definition) is 0. The van der Waals surface area contributed by atoms with Crippen molar-refractivity contribution < 1.29 is 4.57 Å². The molecule has 6 heteroatoms. The second kappa shape index (κ2) is 3.52. The van der Waals surface area contributed by atoms with Crippen LogP contribution >= 0.6 is 0 Å². The van der Waals surface area contributed by atoms with E-state index < -0.39 is 0 Å². The van der Waals surface area contributed by atoms with Crippen LogP contribution in [-0.4, -0.2) is 14.3 Å². The van der Waals surface area contributed by atoms with Gasteiger partial charge >= 0.3 is 0 Å². The molecular formula is C10H9N6+. The third-order valence-electron chi connectivity index (χ3n) is 2.26. The summed E-state index contributed by atoms with van der Waals surface area (Å²) in [5.41, 5.74) is 0.622. The average molecular weight is 213 g/mol. The van der Waals surface area contributed by atoms with Crippen molar-refractivity contribution in [3.05, 3.63) is 30.0 Å². The van der Waals surface area contributed by atoms with E-state index in [2.05, 4.69) is 5.10 Å². The first-order valence-electron chi connectivity index (χ1n) is 4.58. The van der Waals surface area contributed by atoms with Gasteiger partial charge in [-0.1, -0.05) is 0 Å².